The number of nitrogens with two attached hydrogens (primary N) is 1. The van der Waals surface area contributed by atoms with E-state index in [1.807, 2.05) is 6.92 Å². The van der Waals surface area contributed by atoms with E-state index in [4.69, 9.17) is 10.2 Å². The number of hydrogen-bond acceptors (Lipinski definition) is 3. The number of nitrogens with zero attached hydrogens (tertiary/aromatic N) is 1. The van der Waals surface area contributed by atoms with Crippen molar-refractivity contribution in [1.82, 2.24) is 4.90 Å². The lowest BCUT2D eigenvalue weighted by Gasteiger charge is -2.12. The first-order chi connectivity index (χ1) is 6.67. The second-order valence-electron chi connectivity index (χ2n) is 3.74. The minimum absolute atomic E-state index is 0.562. The largest absolute Gasteiger partial charge is 0.465 e. The molecule has 0 amide bonds. The maximum Gasteiger partial charge on any atom is 0.118 e. The molecule has 0 saturated carbocycles. The standard InChI is InChI=1S/C11H20N2O/c1-4-5-13(3)8-11-6-10(7-12)9(2)14-11/h6H,4-5,7-8,12H2,1-3H3. The molecular weight excluding hydrogens is 176 g/mol. The molecule has 0 radical (unpaired) electrons. The van der Waals surface area contributed by atoms with Gasteiger partial charge in [0.15, 0.2) is 0 Å². The van der Waals surface area contributed by atoms with Gasteiger partial charge in [0.05, 0.1) is 6.54 Å². The molecule has 80 valence electrons. The van der Waals surface area contributed by atoms with Crippen LogP contribution in [0.1, 0.15) is 30.4 Å². The van der Waals surface area contributed by atoms with Crippen LogP contribution in [0.2, 0.25) is 0 Å². The predicted molar refractivity (Wildman–Crippen MR) is 58.0 cm³/mol. The molecule has 0 bridgehead atoms. The summed E-state index contributed by atoms with van der Waals surface area (Å²) in [7, 11) is 2.10. The van der Waals surface area contributed by atoms with Gasteiger partial charge in [0.25, 0.3) is 0 Å². The van der Waals surface area contributed by atoms with Crippen LogP contribution < -0.4 is 5.73 Å². The van der Waals surface area contributed by atoms with Gasteiger partial charge in [0.1, 0.15) is 11.5 Å². The summed E-state index contributed by atoms with van der Waals surface area (Å²) in [6.07, 6.45) is 1.17. The number of furan rings is 1. The minimum atomic E-state index is 0.562. The molecule has 3 heteroatoms. The first-order valence-corrected chi connectivity index (χ1v) is 5.14. The van der Waals surface area contributed by atoms with Gasteiger partial charge in [-0.15, -0.1) is 0 Å². The Hall–Kier alpha value is -0.800. The smallest absolute Gasteiger partial charge is 0.118 e. The Kier molecular flexibility index (Phi) is 4.17. The highest BCUT2D eigenvalue weighted by Crippen LogP contribution is 2.15. The quantitative estimate of drug-likeness (QED) is 0.782. The highest BCUT2D eigenvalue weighted by atomic mass is 16.3. The molecule has 0 aromatic carbocycles. The third kappa shape index (κ3) is 2.86. The first kappa shape index (κ1) is 11.3. The maximum absolute atomic E-state index is 5.60. The fraction of sp³-hybridized carbons (Fsp3) is 0.636. The molecule has 2 N–H and O–H groups in total. The fourth-order valence-electron chi connectivity index (χ4n) is 1.59. The number of aryl methyl sites for hydroxylation is 1. The van der Waals surface area contributed by atoms with Crippen LogP contribution >= 0.6 is 0 Å². The Morgan fingerprint density at radius 1 is 1.50 bits per heavy atom. The van der Waals surface area contributed by atoms with Gasteiger partial charge in [0, 0.05) is 12.1 Å². The summed E-state index contributed by atoms with van der Waals surface area (Å²) >= 11 is 0. The first-order valence-electron chi connectivity index (χ1n) is 5.14. The average molecular weight is 196 g/mol. The molecule has 14 heavy (non-hydrogen) atoms. The van der Waals surface area contributed by atoms with Crippen molar-refractivity contribution < 1.29 is 4.42 Å². The minimum Gasteiger partial charge on any atom is -0.465 e. The molecule has 1 aromatic rings. The SMILES string of the molecule is CCCN(C)Cc1cc(CN)c(C)o1. The Balaban J connectivity index is 2.58. The van der Waals surface area contributed by atoms with Crippen molar-refractivity contribution in [2.75, 3.05) is 13.6 Å². The monoisotopic (exact) mass is 196 g/mol. The summed E-state index contributed by atoms with van der Waals surface area (Å²) in [6, 6.07) is 2.06. The highest BCUT2D eigenvalue weighted by molar-refractivity contribution is 5.20. The van der Waals surface area contributed by atoms with E-state index < -0.39 is 0 Å². The van der Waals surface area contributed by atoms with Crippen molar-refractivity contribution in [3.63, 3.8) is 0 Å². The van der Waals surface area contributed by atoms with E-state index >= 15 is 0 Å². The van der Waals surface area contributed by atoms with E-state index in [9.17, 15) is 0 Å². The lowest BCUT2D eigenvalue weighted by molar-refractivity contribution is 0.293. The second kappa shape index (κ2) is 5.17. The van der Waals surface area contributed by atoms with Crippen molar-refractivity contribution in [2.24, 2.45) is 5.73 Å². The van der Waals surface area contributed by atoms with Gasteiger partial charge in [-0.3, -0.25) is 4.90 Å². The van der Waals surface area contributed by atoms with Gasteiger partial charge in [0.2, 0.25) is 0 Å². The van der Waals surface area contributed by atoms with Crippen LogP contribution in [0.15, 0.2) is 10.5 Å². The van der Waals surface area contributed by atoms with Crippen LogP contribution in [0.3, 0.4) is 0 Å². The zero-order valence-corrected chi connectivity index (χ0v) is 9.34. The third-order valence-corrected chi connectivity index (χ3v) is 2.32. The molecule has 0 saturated heterocycles. The van der Waals surface area contributed by atoms with Gasteiger partial charge < -0.3 is 10.2 Å². The van der Waals surface area contributed by atoms with Crippen molar-refractivity contribution in [3.8, 4) is 0 Å². The third-order valence-electron chi connectivity index (χ3n) is 2.32. The summed E-state index contributed by atoms with van der Waals surface area (Å²) in [5, 5.41) is 0. The van der Waals surface area contributed by atoms with Crippen molar-refractivity contribution >= 4 is 0 Å². The predicted octanol–water partition coefficient (Wildman–Crippen LogP) is 1.89. The van der Waals surface area contributed by atoms with Crippen LogP contribution in [0.5, 0.6) is 0 Å². The van der Waals surface area contributed by atoms with Crippen molar-refractivity contribution in [1.29, 1.82) is 0 Å². The normalized spacial score (nSPS) is 11.2. The van der Waals surface area contributed by atoms with Crippen molar-refractivity contribution in [3.05, 3.63) is 23.2 Å². The molecule has 0 fully saturated rings. The molecule has 0 atom stereocenters. The van der Waals surface area contributed by atoms with Crippen molar-refractivity contribution in [2.45, 2.75) is 33.4 Å². The molecule has 1 heterocycles. The Labute approximate surface area is 85.9 Å². The van der Waals surface area contributed by atoms with Crippen LogP contribution in [0, 0.1) is 6.92 Å². The van der Waals surface area contributed by atoms with E-state index in [1.165, 1.54) is 6.42 Å². The van der Waals surface area contributed by atoms with Gasteiger partial charge in [-0.2, -0.15) is 0 Å². The Bertz CT molecular complexity index is 281. The molecule has 0 aliphatic carbocycles. The fourth-order valence-corrected chi connectivity index (χ4v) is 1.59. The molecule has 1 rings (SSSR count). The Morgan fingerprint density at radius 3 is 2.71 bits per heavy atom. The molecule has 0 spiro atoms. The summed E-state index contributed by atoms with van der Waals surface area (Å²) in [4.78, 5) is 2.25. The highest BCUT2D eigenvalue weighted by Gasteiger charge is 2.07. The van der Waals surface area contributed by atoms with E-state index in [2.05, 4.69) is 24.9 Å². The zero-order valence-electron chi connectivity index (χ0n) is 9.34. The summed E-state index contributed by atoms with van der Waals surface area (Å²) in [6.45, 7) is 6.67. The van der Waals surface area contributed by atoms with Gasteiger partial charge >= 0.3 is 0 Å². The number of hydrogen-bond donors (Lipinski definition) is 1. The van der Waals surface area contributed by atoms with E-state index in [-0.39, 0.29) is 0 Å². The molecule has 0 aliphatic rings. The van der Waals surface area contributed by atoms with Crippen LogP contribution in [-0.4, -0.2) is 18.5 Å². The van der Waals surface area contributed by atoms with E-state index in [1.54, 1.807) is 0 Å². The van der Waals surface area contributed by atoms with Crippen LogP contribution in [0.4, 0.5) is 0 Å². The summed E-state index contributed by atoms with van der Waals surface area (Å²) < 4.78 is 5.60. The second-order valence-corrected chi connectivity index (χ2v) is 3.74. The topological polar surface area (TPSA) is 42.4 Å². The van der Waals surface area contributed by atoms with E-state index in [0.717, 1.165) is 30.2 Å². The van der Waals surface area contributed by atoms with E-state index in [0.29, 0.717) is 6.54 Å². The Morgan fingerprint density at radius 2 is 2.21 bits per heavy atom. The van der Waals surface area contributed by atoms with Crippen LogP contribution in [0.25, 0.3) is 0 Å². The van der Waals surface area contributed by atoms with Gasteiger partial charge in [-0.1, -0.05) is 6.92 Å². The molecule has 0 unspecified atom stereocenters. The maximum atomic E-state index is 5.60. The zero-order chi connectivity index (χ0) is 10.6. The van der Waals surface area contributed by atoms with Crippen LogP contribution in [-0.2, 0) is 13.1 Å². The summed E-state index contributed by atoms with van der Waals surface area (Å²) in [5.74, 6) is 1.96. The molecular formula is C11H20N2O. The van der Waals surface area contributed by atoms with Gasteiger partial charge in [-0.05, 0) is 33.0 Å². The lowest BCUT2D eigenvalue weighted by atomic mass is 10.2. The molecule has 0 aliphatic heterocycles. The summed E-state index contributed by atoms with van der Waals surface area (Å²) in [5.41, 5.74) is 6.70. The van der Waals surface area contributed by atoms with Gasteiger partial charge in [-0.25, -0.2) is 0 Å². The molecule has 1 aromatic heterocycles. The molecule has 3 nitrogen and oxygen atoms in total. The lowest BCUT2D eigenvalue weighted by Crippen LogP contribution is -2.17. The number of rotatable bonds is 5. The average Bonchev–Trinajstić information content (AvgIpc) is 2.46.